The van der Waals surface area contributed by atoms with Gasteiger partial charge in [-0.25, -0.2) is 9.78 Å². The fraction of sp³-hybridized carbons (Fsp3) is 0.0500. The summed E-state index contributed by atoms with van der Waals surface area (Å²) in [6.45, 7) is 5.27. The van der Waals surface area contributed by atoms with Gasteiger partial charge in [0.2, 0.25) is 10.9 Å². The Balaban J connectivity index is 1.57. The minimum atomic E-state index is -1.35. The predicted molar refractivity (Wildman–Crippen MR) is 120 cm³/mol. The lowest BCUT2D eigenvalue weighted by molar-refractivity contribution is -0.133. The standard InChI is InChI=1S/C20H16N8O4S/c1-3-4-11(5-13(19(30)31)24-17(29)16-10(2)7-23-32-16)18-27-28-20(33-18)25-15-6-12-8-22-26-14(12)9-21-15/h3-9H,1H2,2H3,(H,22,26)(H,24,29)(H,30,31)(H,21,25,28)/b11-4+,13-5+. The van der Waals surface area contributed by atoms with Crippen molar-refractivity contribution in [2.75, 3.05) is 5.32 Å². The molecule has 0 spiro atoms. The molecule has 0 aliphatic rings. The lowest BCUT2D eigenvalue weighted by Crippen LogP contribution is -2.27. The maximum absolute atomic E-state index is 12.4. The number of hydrogen-bond acceptors (Lipinski definition) is 10. The van der Waals surface area contributed by atoms with Gasteiger partial charge in [-0.1, -0.05) is 35.2 Å². The van der Waals surface area contributed by atoms with Crippen molar-refractivity contribution in [1.82, 2.24) is 35.9 Å². The van der Waals surface area contributed by atoms with Gasteiger partial charge in [0.05, 0.1) is 24.1 Å². The van der Waals surface area contributed by atoms with Crippen molar-refractivity contribution in [2.45, 2.75) is 6.92 Å². The molecule has 1 amide bonds. The number of aromatic amines is 1. The molecule has 12 nitrogen and oxygen atoms in total. The number of aromatic nitrogens is 6. The van der Waals surface area contributed by atoms with E-state index >= 15 is 0 Å². The molecule has 0 atom stereocenters. The smallest absolute Gasteiger partial charge is 0.352 e. The molecule has 33 heavy (non-hydrogen) atoms. The van der Waals surface area contributed by atoms with Gasteiger partial charge in [-0.3, -0.25) is 9.89 Å². The molecule has 13 heteroatoms. The maximum atomic E-state index is 12.4. The van der Waals surface area contributed by atoms with Crippen molar-refractivity contribution in [3.05, 3.63) is 71.5 Å². The molecule has 0 radical (unpaired) electrons. The summed E-state index contributed by atoms with van der Waals surface area (Å²) < 4.78 is 4.87. The highest BCUT2D eigenvalue weighted by atomic mass is 32.1. The molecule has 0 saturated heterocycles. The van der Waals surface area contributed by atoms with E-state index in [1.54, 1.807) is 31.5 Å². The van der Waals surface area contributed by atoms with Crippen LogP contribution in [-0.4, -0.2) is 47.5 Å². The molecule has 4 aromatic heterocycles. The number of hydrogen-bond donors (Lipinski definition) is 4. The second-order valence-corrected chi connectivity index (χ2v) is 7.55. The Labute approximate surface area is 189 Å². The fourth-order valence-corrected chi connectivity index (χ4v) is 3.46. The first-order chi connectivity index (χ1) is 15.9. The highest BCUT2D eigenvalue weighted by Gasteiger charge is 2.20. The van der Waals surface area contributed by atoms with Crippen LogP contribution >= 0.6 is 11.3 Å². The number of carboxylic acid groups (broad SMARTS) is 1. The Morgan fingerprint density at radius 2 is 2.12 bits per heavy atom. The molecule has 0 unspecified atom stereocenters. The molecule has 166 valence electrons. The van der Waals surface area contributed by atoms with Gasteiger partial charge in [0.15, 0.2) is 0 Å². The van der Waals surface area contributed by atoms with Crippen LogP contribution in [0.5, 0.6) is 0 Å². The van der Waals surface area contributed by atoms with Gasteiger partial charge in [0.1, 0.15) is 16.5 Å². The van der Waals surface area contributed by atoms with Crippen LogP contribution < -0.4 is 10.6 Å². The zero-order valence-electron chi connectivity index (χ0n) is 17.1. The van der Waals surface area contributed by atoms with Gasteiger partial charge in [0, 0.05) is 16.5 Å². The molecule has 0 aliphatic carbocycles. The van der Waals surface area contributed by atoms with Gasteiger partial charge in [-0.2, -0.15) is 5.10 Å². The highest BCUT2D eigenvalue weighted by molar-refractivity contribution is 7.16. The molecule has 4 N–H and O–H groups in total. The van der Waals surface area contributed by atoms with Gasteiger partial charge >= 0.3 is 5.97 Å². The summed E-state index contributed by atoms with van der Waals surface area (Å²) in [6, 6.07) is 1.80. The van der Waals surface area contributed by atoms with Crippen LogP contribution in [0.25, 0.3) is 16.5 Å². The molecule has 4 rings (SSSR count). The monoisotopic (exact) mass is 464 g/mol. The molecule has 0 fully saturated rings. The number of fused-ring (bicyclic) bond motifs is 1. The minimum absolute atomic E-state index is 0.0825. The van der Waals surface area contributed by atoms with Crippen LogP contribution in [0.3, 0.4) is 0 Å². The van der Waals surface area contributed by atoms with E-state index in [9.17, 15) is 14.7 Å². The third-order valence-electron chi connectivity index (χ3n) is 4.26. The van der Waals surface area contributed by atoms with Gasteiger partial charge < -0.3 is 20.3 Å². The molecule has 4 aromatic rings. The first-order valence-corrected chi connectivity index (χ1v) is 10.2. The number of carboxylic acids is 1. The lowest BCUT2D eigenvalue weighted by Gasteiger charge is -2.05. The zero-order valence-corrected chi connectivity index (χ0v) is 17.9. The van der Waals surface area contributed by atoms with Gasteiger partial charge in [-0.05, 0) is 19.1 Å². The Hall–Kier alpha value is -4.65. The number of amides is 1. The average Bonchev–Trinajstić information content (AvgIpc) is 3.53. The minimum Gasteiger partial charge on any atom is -0.477 e. The third-order valence-corrected chi connectivity index (χ3v) is 5.15. The van der Waals surface area contributed by atoms with Crippen molar-refractivity contribution in [1.29, 1.82) is 0 Å². The first-order valence-electron chi connectivity index (χ1n) is 9.35. The second kappa shape index (κ2) is 9.23. The molecule has 4 heterocycles. The van der Waals surface area contributed by atoms with E-state index < -0.39 is 11.9 Å². The van der Waals surface area contributed by atoms with Crippen LogP contribution in [0.15, 0.2) is 59.7 Å². The third kappa shape index (κ3) is 4.83. The van der Waals surface area contributed by atoms with E-state index in [1.165, 1.54) is 18.3 Å². The zero-order chi connectivity index (χ0) is 23.4. The van der Waals surface area contributed by atoms with Gasteiger partial charge in [-0.15, -0.1) is 10.2 Å². The number of pyridine rings is 1. The Morgan fingerprint density at radius 1 is 1.27 bits per heavy atom. The van der Waals surface area contributed by atoms with Crippen LogP contribution in [0.1, 0.15) is 21.1 Å². The number of carbonyl (C=O) groups excluding carboxylic acids is 1. The quantitative estimate of drug-likeness (QED) is 0.224. The SMILES string of the molecule is C=C/C=C(\C=C(\NC(=O)c1oncc1C)C(=O)O)c1nnc(Nc2cc3cn[nH]c3cn2)s1. The molecule has 0 bridgehead atoms. The fourth-order valence-electron chi connectivity index (χ4n) is 2.71. The topological polar surface area (TPSA) is 172 Å². The summed E-state index contributed by atoms with van der Waals surface area (Å²) in [5, 5.41) is 35.1. The number of aryl methyl sites for hydroxylation is 1. The lowest BCUT2D eigenvalue weighted by atomic mass is 10.2. The van der Waals surface area contributed by atoms with Crippen molar-refractivity contribution in [2.24, 2.45) is 0 Å². The molecule has 0 aromatic carbocycles. The Morgan fingerprint density at radius 3 is 2.85 bits per heavy atom. The van der Waals surface area contributed by atoms with Crippen LogP contribution in [-0.2, 0) is 4.79 Å². The maximum Gasteiger partial charge on any atom is 0.352 e. The Bertz CT molecular complexity index is 1410. The summed E-state index contributed by atoms with van der Waals surface area (Å²) in [6.07, 6.45) is 8.94. The van der Waals surface area contributed by atoms with Gasteiger partial charge in [0.25, 0.3) is 5.91 Å². The van der Waals surface area contributed by atoms with Crippen molar-refractivity contribution in [3.63, 3.8) is 0 Å². The van der Waals surface area contributed by atoms with E-state index in [0.29, 0.717) is 27.1 Å². The van der Waals surface area contributed by atoms with Crippen molar-refractivity contribution in [3.8, 4) is 0 Å². The number of anilines is 2. The van der Waals surface area contributed by atoms with E-state index in [-0.39, 0.29) is 11.5 Å². The first kappa shape index (κ1) is 21.6. The Kier molecular flexibility index (Phi) is 6.04. The number of aliphatic carboxylic acids is 1. The molecule has 0 aliphatic heterocycles. The normalized spacial score (nSPS) is 12.0. The molecular weight excluding hydrogens is 448 g/mol. The summed E-state index contributed by atoms with van der Waals surface area (Å²) >= 11 is 1.16. The second-order valence-electron chi connectivity index (χ2n) is 6.58. The van der Waals surface area contributed by atoms with Crippen molar-refractivity contribution < 1.29 is 19.2 Å². The van der Waals surface area contributed by atoms with Crippen LogP contribution in [0.2, 0.25) is 0 Å². The predicted octanol–water partition coefficient (Wildman–Crippen LogP) is 2.82. The molecule has 0 saturated carbocycles. The number of nitrogens with one attached hydrogen (secondary N) is 3. The number of nitrogens with zero attached hydrogens (tertiary/aromatic N) is 5. The van der Waals surface area contributed by atoms with E-state index in [1.807, 2.05) is 0 Å². The number of carbonyl (C=O) groups is 2. The van der Waals surface area contributed by atoms with Crippen molar-refractivity contribution >= 4 is 50.6 Å². The van der Waals surface area contributed by atoms with E-state index in [4.69, 9.17) is 4.52 Å². The summed E-state index contributed by atoms with van der Waals surface area (Å²) in [7, 11) is 0. The highest BCUT2D eigenvalue weighted by Crippen LogP contribution is 2.27. The van der Waals surface area contributed by atoms with Crippen LogP contribution in [0.4, 0.5) is 10.9 Å². The molecular formula is C20H16N8O4S. The summed E-state index contributed by atoms with van der Waals surface area (Å²) in [4.78, 5) is 28.4. The number of rotatable bonds is 8. The van der Waals surface area contributed by atoms with Crippen LogP contribution in [0, 0.1) is 6.92 Å². The summed E-state index contributed by atoms with van der Waals surface area (Å²) in [5.74, 6) is -1.63. The van der Waals surface area contributed by atoms with E-state index in [2.05, 4.69) is 47.7 Å². The average molecular weight is 464 g/mol. The van der Waals surface area contributed by atoms with E-state index in [0.717, 1.165) is 22.2 Å². The number of allylic oxidation sites excluding steroid dienone is 4. The largest absolute Gasteiger partial charge is 0.477 e. The summed E-state index contributed by atoms with van der Waals surface area (Å²) in [5.41, 5.74) is 1.26. The number of H-pyrrole nitrogens is 1.